The molecule has 0 aliphatic rings. The molecule has 0 aromatic heterocycles. The first kappa shape index (κ1) is 27.4. The van der Waals surface area contributed by atoms with Crippen molar-refractivity contribution in [3.05, 3.63) is 45.4 Å². The molecule has 8 heteroatoms. The normalized spacial score (nSPS) is 12.8. The maximum absolute atomic E-state index is 13.1. The summed E-state index contributed by atoms with van der Waals surface area (Å²) in [6.07, 6.45) is 2.48. The molecule has 0 N–H and O–H groups in total. The van der Waals surface area contributed by atoms with E-state index in [-0.39, 0.29) is 26.1 Å². The van der Waals surface area contributed by atoms with Crippen molar-refractivity contribution in [1.82, 2.24) is 0 Å². The molecule has 0 amide bonds. The number of benzene rings is 1. The number of para-hydroxylation sites is 1. The summed E-state index contributed by atoms with van der Waals surface area (Å²) in [6, 6.07) is 7.51. The number of allylic oxidation sites excluding steroid dienone is 3. The van der Waals surface area contributed by atoms with E-state index in [2.05, 4.69) is 6.58 Å². The molecule has 1 aromatic rings. The predicted molar refractivity (Wildman–Crippen MR) is 134 cm³/mol. The van der Waals surface area contributed by atoms with Crippen LogP contribution in [0.1, 0.15) is 40.0 Å². The highest BCUT2D eigenvalue weighted by molar-refractivity contribution is 14.1. The molecule has 0 spiro atoms. The molecule has 1 aromatic carbocycles. The van der Waals surface area contributed by atoms with Crippen molar-refractivity contribution in [1.29, 1.82) is 0 Å². The minimum Gasteiger partial charge on any atom is -0.465 e. The molecule has 0 saturated carbocycles. The van der Waals surface area contributed by atoms with Gasteiger partial charge in [-0.05, 0) is 71.9 Å². The Labute approximate surface area is 201 Å². The number of rotatable bonds is 12. The summed E-state index contributed by atoms with van der Waals surface area (Å²) in [4.78, 5) is 28.9. The molecule has 172 valence electrons. The second-order valence-corrected chi connectivity index (χ2v) is 10.3. The standard InChI is InChI=1S/C23H32INO5S/c1-7-29-21(26)23(16-17(3)24,22(27)30-8-2)15-11-12-18(4)31(28)20-14-10-9-13-19(20)25(5)6/h9-10,12-14H,3,7-8,11,15-16H2,1-2,4-6H3/b18-12-. The van der Waals surface area contributed by atoms with Crippen LogP contribution < -0.4 is 4.90 Å². The monoisotopic (exact) mass is 561 g/mol. The largest absolute Gasteiger partial charge is 0.465 e. The molecule has 1 unspecified atom stereocenters. The van der Waals surface area contributed by atoms with Crippen LogP contribution in [0.4, 0.5) is 5.69 Å². The van der Waals surface area contributed by atoms with Gasteiger partial charge in [-0.1, -0.05) is 24.8 Å². The zero-order chi connectivity index (χ0) is 23.6. The molecular weight excluding hydrogens is 529 g/mol. The fraction of sp³-hybridized carbons (Fsp3) is 0.478. The molecule has 1 rings (SSSR count). The van der Waals surface area contributed by atoms with Gasteiger partial charge in [0.05, 0.1) is 34.6 Å². The first-order chi connectivity index (χ1) is 14.6. The molecule has 0 fully saturated rings. The van der Waals surface area contributed by atoms with Gasteiger partial charge >= 0.3 is 11.9 Å². The van der Waals surface area contributed by atoms with Crippen LogP contribution >= 0.6 is 22.6 Å². The Morgan fingerprint density at radius 3 is 2.19 bits per heavy atom. The van der Waals surface area contributed by atoms with Gasteiger partial charge in [-0.2, -0.15) is 0 Å². The molecular formula is C23H32INO5S. The number of hydrogen-bond donors (Lipinski definition) is 0. The number of nitrogens with zero attached hydrogens (tertiary/aromatic N) is 1. The number of carbonyl (C=O) groups excluding carboxylic acids is 2. The quantitative estimate of drug-likeness (QED) is 0.203. The Morgan fingerprint density at radius 2 is 1.71 bits per heavy atom. The third kappa shape index (κ3) is 7.45. The van der Waals surface area contributed by atoms with Crippen LogP contribution in [-0.2, 0) is 29.9 Å². The van der Waals surface area contributed by atoms with Gasteiger partial charge in [0.2, 0.25) is 0 Å². The second-order valence-electron chi connectivity index (χ2n) is 7.20. The highest BCUT2D eigenvalue weighted by atomic mass is 127. The number of ether oxygens (including phenoxy) is 2. The van der Waals surface area contributed by atoms with E-state index < -0.39 is 28.2 Å². The molecule has 0 aliphatic heterocycles. The molecule has 0 heterocycles. The van der Waals surface area contributed by atoms with Crippen molar-refractivity contribution in [2.45, 2.75) is 44.9 Å². The van der Waals surface area contributed by atoms with E-state index in [1.54, 1.807) is 20.8 Å². The third-order valence-corrected chi connectivity index (χ3v) is 6.55. The number of carbonyl (C=O) groups is 2. The summed E-state index contributed by atoms with van der Waals surface area (Å²) in [5.41, 5.74) is -0.591. The molecule has 1 atom stereocenters. The summed E-state index contributed by atoms with van der Waals surface area (Å²) in [5.74, 6) is -1.23. The van der Waals surface area contributed by atoms with Gasteiger partial charge in [0.1, 0.15) is 0 Å². The maximum atomic E-state index is 13.1. The van der Waals surface area contributed by atoms with E-state index >= 15 is 0 Å². The second kappa shape index (κ2) is 13.0. The Morgan fingerprint density at radius 1 is 1.16 bits per heavy atom. The molecule has 31 heavy (non-hydrogen) atoms. The number of halogens is 1. The van der Waals surface area contributed by atoms with Crippen LogP contribution in [0.5, 0.6) is 0 Å². The SMILES string of the molecule is C=C(I)CC(CC/C=C(/C)S(=O)c1ccccc1N(C)C)(C(=O)OCC)C(=O)OCC. The zero-order valence-electron chi connectivity index (χ0n) is 18.9. The topological polar surface area (TPSA) is 72.9 Å². The Kier molecular flexibility index (Phi) is 11.5. The Bertz CT molecular complexity index is 832. The van der Waals surface area contributed by atoms with Crippen LogP contribution in [0.25, 0.3) is 0 Å². The van der Waals surface area contributed by atoms with Crippen LogP contribution in [-0.4, -0.2) is 43.5 Å². The van der Waals surface area contributed by atoms with E-state index in [9.17, 15) is 13.8 Å². The highest BCUT2D eigenvalue weighted by Gasteiger charge is 2.48. The third-order valence-electron chi connectivity index (χ3n) is 4.67. The van der Waals surface area contributed by atoms with Crippen LogP contribution in [0, 0.1) is 5.41 Å². The lowest BCUT2D eigenvalue weighted by molar-refractivity contribution is -0.172. The predicted octanol–water partition coefficient (Wildman–Crippen LogP) is 5.00. The van der Waals surface area contributed by atoms with Crippen LogP contribution in [0.3, 0.4) is 0 Å². The van der Waals surface area contributed by atoms with Gasteiger partial charge in [0.15, 0.2) is 5.41 Å². The van der Waals surface area contributed by atoms with E-state index in [1.807, 2.05) is 71.9 Å². The zero-order valence-corrected chi connectivity index (χ0v) is 21.9. The Balaban J connectivity index is 3.18. The van der Waals surface area contributed by atoms with Gasteiger partial charge in [0.25, 0.3) is 0 Å². The minimum atomic E-state index is -1.47. The van der Waals surface area contributed by atoms with Gasteiger partial charge in [0, 0.05) is 25.4 Å². The molecule has 0 aliphatic carbocycles. The first-order valence-electron chi connectivity index (χ1n) is 10.1. The van der Waals surface area contributed by atoms with E-state index in [4.69, 9.17) is 9.47 Å². The van der Waals surface area contributed by atoms with Crippen LogP contribution in [0.2, 0.25) is 0 Å². The summed E-state index contributed by atoms with van der Waals surface area (Å²) in [5, 5.41) is 0. The molecule has 0 radical (unpaired) electrons. The van der Waals surface area contributed by atoms with Crippen molar-refractivity contribution >= 4 is 51.0 Å². The van der Waals surface area contributed by atoms with Crippen molar-refractivity contribution in [3.63, 3.8) is 0 Å². The van der Waals surface area contributed by atoms with E-state index in [0.717, 1.165) is 5.69 Å². The lowest BCUT2D eigenvalue weighted by atomic mass is 9.79. The lowest BCUT2D eigenvalue weighted by Gasteiger charge is -2.28. The van der Waals surface area contributed by atoms with Crippen molar-refractivity contribution in [2.24, 2.45) is 5.41 Å². The number of hydrogen-bond acceptors (Lipinski definition) is 6. The van der Waals surface area contributed by atoms with Crippen molar-refractivity contribution < 1.29 is 23.3 Å². The summed E-state index contributed by atoms with van der Waals surface area (Å²) >= 11 is 2.01. The van der Waals surface area contributed by atoms with E-state index in [1.165, 1.54) is 0 Å². The van der Waals surface area contributed by atoms with Gasteiger partial charge < -0.3 is 14.4 Å². The molecule has 6 nitrogen and oxygen atoms in total. The van der Waals surface area contributed by atoms with Gasteiger partial charge in [-0.25, -0.2) is 4.21 Å². The average molecular weight is 561 g/mol. The fourth-order valence-electron chi connectivity index (χ4n) is 3.14. The number of anilines is 1. The summed E-state index contributed by atoms with van der Waals surface area (Å²) in [7, 11) is 2.44. The minimum absolute atomic E-state index is 0.130. The Hall–Kier alpha value is -1.68. The molecule has 0 bridgehead atoms. The summed E-state index contributed by atoms with van der Waals surface area (Å²) in [6.45, 7) is 9.37. The highest BCUT2D eigenvalue weighted by Crippen LogP contribution is 2.37. The average Bonchev–Trinajstić information content (AvgIpc) is 2.72. The first-order valence-corrected chi connectivity index (χ1v) is 12.4. The van der Waals surface area contributed by atoms with Crippen molar-refractivity contribution in [2.75, 3.05) is 32.2 Å². The number of esters is 2. The van der Waals surface area contributed by atoms with Gasteiger partial charge in [-0.3, -0.25) is 9.59 Å². The van der Waals surface area contributed by atoms with Crippen LogP contribution in [0.15, 0.2) is 50.3 Å². The fourth-order valence-corrected chi connectivity index (χ4v) is 5.05. The lowest BCUT2D eigenvalue weighted by Crippen LogP contribution is -2.42. The van der Waals surface area contributed by atoms with Crippen molar-refractivity contribution in [3.8, 4) is 0 Å². The van der Waals surface area contributed by atoms with E-state index in [0.29, 0.717) is 19.8 Å². The molecule has 0 saturated heterocycles. The smallest absolute Gasteiger partial charge is 0.323 e. The van der Waals surface area contributed by atoms with Gasteiger partial charge in [-0.15, -0.1) is 0 Å². The summed E-state index contributed by atoms with van der Waals surface area (Å²) < 4.78 is 24.2. The maximum Gasteiger partial charge on any atom is 0.323 e.